The van der Waals surface area contributed by atoms with Gasteiger partial charge in [-0.05, 0) is 32.4 Å². The molecule has 0 fully saturated rings. The third-order valence-corrected chi connectivity index (χ3v) is 4.32. The minimum Gasteiger partial charge on any atom is -0.357 e. The number of anilines is 1. The van der Waals surface area contributed by atoms with Crippen LogP contribution in [0.5, 0.6) is 0 Å². The largest absolute Gasteiger partial charge is 0.357 e. The predicted molar refractivity (Wildman–Crippen MR) is 68.0 cm³/mol. The summed E-state index contributed by atoms with van der Waals surface area (Å²) in [6.07, 6.45) is 0. The number of thiophene rings is 1. The Kier molecular flexibility index (Phi) is 3.07. The van der Waals surface area contributed by atoms with E-state index in [1.807, 2.05) is 18.3 Å². The summed E-state index contributed by atoms with van der Waals surface area (Å²) < 4.78 is 0. The van der Waals surface area contributed by atoms with Crippen LogP contribution in [0.1, 0.15) is 21.0 Å². The molecule has 0 aromatic carbocycles. The summed E-state index contributed by atoms with van der Waals surface area (Å²) in [4.78, 5) is 7.14. The molecule has 0 amide bonds. The number of hydrogen-bond acceptors (Lipinski definition) is 4. The lowest BCUT2D eigenvalue weighted by molar-refractivity contribution is 1.15. The van der Waals surface area contributed by atoms with Crippen molar-refractivity contribution in [2.24, 2.45) is 0 Å². The highest BCUT2D eigenvalue weighted by Crippen LogP contribution is 2.22. The van der Waals surface area contributed by atoms with E-state index in [1.54, 1.807) is 11.3 Å². The van der Waals surface area contributed by atoms with Crippen LogP contribution in [0.2, 0.25) is 0 Å². The number of aryl methyl sites for hydroxylation is 3. The molecule has 80 valence electrons. The van der Waals surface area contributed by atoms with Gasteiger partial charge >= 0.3 is 0 Å². The first-order valence-electron chi connectivity index (χ1n) is 4.87. The summed E-state index contributed by atoms with van der Waals surface area (Å²) >= 11 is 3.52. The van der Waals surface area contributed by atoms with Crippen molar-refractivity contribution < 1.29 is 0 Å². The summed E-state index contributed by atoms with van der Waals surface area (Å²) in [5, 5.41) is 6.41. The van der Waals surface area contributed by atoms with Gasteiger partial charge in [0, 0.05) is 15.1 Å². The van der Waals surface area contributed by atoms with Crippen LogP contribution in [0.3, 0.4) is 0 Å². The molecule has 0 aliphatic rings. The zero-order chi connectivity index (χ0) is 10.8. The van der Waals surface area contributed by atoms with Gasteiger partial charge in [0.2, 0.25) is 0 Å². The molecule has 0 atom stereocenters. The fourth-order valence-corrected chi connectivity index (χ4v) is 3.02. The minimum absolute atomic E-state index is 0.881. The fourth-order valence-electron chi connectivity index (χ4n) is 1.33. The van der Waals surface area contributed by atoms with Gasteiger partial charge in [-0.15, -0.1) is 22.7 Å². The normalized spacial score (nSPS) is 10.6. The number of aromatic nitrogens is 1. The SMILES string of the molecule is Cc1csc(NCc2cc(C)c(C)s2)n1. The molecule has 0 aliphatic carbocycles. The van der Waals surface area contributed by atoms with E-state index in [1.165, 1.54) is 15.3 Å². The number of nitrogens with zero attached hydrogens (tertiary/aromatic N) is 1. The number of thiazole rings is 1. The third-order valence-electron chi connectivity index (χ3n) is 2.25. The van der Waals surface area contributed by atoms with Crippen LogP contribution in [0, 0.1) is 20.8 Å². The van der Waals surface area contributed by atoms with Crippen molar-refractivity contribution in [1.82, 2.24) is 4.98 Å². The van der Waals surface area contributed by atoms with Crippen molar-refractivity contribution >= 4 is 27.8 Å². The van der Waals surface area contributed by atoms with Gasteiger partial charge in [-0.1, -0.05) is 0 Å². The number of hydrogen-bond donors (Lipinski definition) is 1. The maximum Gasteiger partial charge on any atom is 0.183 e. The van der Waals surface area contributed by atoms with Crippen molar-refractivity contribution in [1.29, 1.82) is 0 Å². The van der Waals surface area contributed by atoms with Crippen molar-refractivity contribution in [3.63, 3.8) is 0 Å². The molecule has 2 heterocycles. The smallest absolute Gasteiger partial charge is 0.183 e. The molecule has 2 aromatic heterocycles. The summed E-state index contributed by atoms with van der Waals surface area (Å²) in [5.41, 5.74) is 2.47. The summed E-state index contributed by atoms with van der Waals surface area (Å²) in [6, 6.07) is 2.24. The van der Waals surface area contributed by atoms with Crippen LogP contribution in [-0.4, -0.2) is 4.98 Å². The molecule has 0 saturated carbocycles. The maximum absolute atomic E-state index is 4.37. The highest BCUT2D eigenvalue weighted by atomic mass is 32.1. The van der Waals surface area contributed by atoms with E-state index in [0.717, 1.165) is 17.4 Å². The van der Waals surface area contributed by atoms with Gasteiger partial charge in [-0.2, -0.15) is 0 Å². The van der Waals surface area contributed by atoms with Crippen LogP contribution in [0.4, 0.5) is 5.13 Å². The summed E-state index contributed by atoms with van der Waals surface area (Å²) in [5.74, 6) is 0. The maximum atomic E-state index is 4.37. The van der Waals surface area contributed by atoms with Crippen molar-refractivity contribution in [2.75, 3.05) is 5.32 Å². The average molecular weight is 238 g/mol. The Bertz CT molecular complexity index is 437. The predicted octanol–water partition coefficient (Wildman–Crippen LogP) is 3.74. The van der Waals surface area contributed by atoms with Crippen LogP contribution in [0.15, 0.2) is 11.4 Å². The van der Waals surface area contributed by atoms with Gasteiger partial charge in [0.25, 0.3) is 0 Å². The minimum atomic E-state index is 0.881. The van der Waals surface area contributed by atoms with Gasteiger partial charge in [0.15, 0.2) is 5.13 Å². The van der Waals surface area contributed by atoms with Crippen LogP contribution < -0.4 is 5.32 Å². The van der Waals surface area contributed by atoms with Crippen LogP contribution >= 0.6 is 22.7 Å². The molecule has 2 rings (SSSR count). The molecular weight excluding hydrogens is 224 g/mol. The standard InChI is InChI=1S/C11H14N2S2/c1-7-4-10(15-9(7)3)5-12-11-13-8(2)6-14-11/h4,6H,5H2,1-3H3,(H,12,13). The van der Waals surface area contributed by atoms with Crippen molar-refractivity contribution in [3.05, 3.63) is 32.5 Å². The molecule has 0 spiro atoms. The highest BCUT2D eigenvalue weighted by Gasteiger charge is 2.02. The van der Waals surface area contributed by atoms with Crippen molar-refractivity contribution in [3.8, 4) is 0 Å². The molecule has 0 aliphatic heterocycles. The van der Waals surface area contributed by atoms with Gasteiger partial charge in [-0.25, -0.2) is 4.98 Å². The van der Waals surface area contributed by atoms with Crippen LogP contribution in [0.25, 0.3) is 0 Å². The third kappa shape index (κ3) is 2.58. The lowest BCUT2D eigenvalue weighted by Crippen LogP contribution is -1.96. The fraction of sp³-hybridized carbons (Fsp3) is 0.364. The van der Waals surface area contributed by atoms with Gasteiger partial charge in [0.05, 0.1) is 12.2 Å². The summed E-state index contributed by atoms with van der Waals surface area (Å²) in [6.45, 7) is 7.22. The van der Waals surface area contributed by atoms with E-state index in [2.05, 4.69) is 35.6 Å². The molecule has 0 bridgehead atoms. The van der Waals surface area contributed by atoms with E-state index >= 15 is 0 Å². The lowest BCUT2D eigenvalue weighted by atomic mass is 10.3. The number of rotatable bonds is 3. The Morgan fingerprint density at radius 2 is 2.13 bits per heavy atom. The second-order valence-corrected chi connectivity index (χ2v) is 5.80. The number of nitrogens with one attached hydrogen (secondary N) is 1. The molecule has 2 aromatic rings. The molecule has 0 unspecified atom stereocenters. The zero-order valence-corrected chi connectivity index (χ0v) is 10.8. The Hall–Kier alpha value is -0.870. The molecule has 15 heavy (non-hydrogen) atoms. The molecular formula is C11H14N2S2. The van der Waals surface area contributed by atoms with E-state index in [9.17, 15) is 0 Å². The van der Waals surface area contributed by atoms with Gasteiger partial charge in [0.1, 0.15) is 0 Å². The van der Waals surface area contributed by atoms with E-state index in [4.69, 9.17) is 0 Å². The molecule has 4 heteroatoms. The van der Waals surface area contributed by atoms with E-state index < -0.39 is 0 Å². The molecule has 2 nitrogen and oxygen atoms in total. The first-order valence-corrected chi connectivity index (χ1v) is 6.56. The topological polar surface area (TPSA) is 24.9 Å². The lowest BCUT2D eigenvalue weighted by Gasteiger charge is -1.98. The molecule has 0 saturated heterocycles. The van der Waals surface area contributed by atoms with Crippen LogP contribution in [-0.2, 0) is 6.54 Å². The van der Waals surface area contributed by atoms with Gasteiger partial charge < -0.3 is 5.32 Å². The van der Waals surface area contributed by atoms with Gasteiger partial charge in [-0.3, -0.25) is 0 Å². The average Bonchev–Trinajstić information content (AvgIpc) is 2.72. The zero-order valence-electron chi connectivity index (χ0n) is 9.13. The first kappa shape index (κ1) is 10.6. The van der Waals surface area contributed by atoms with E-state index in [-0.39, 0.29) is 0 Å². The Morgan fingerprint density at radius 3 is 2.67 bits per heavy atom. The molecule has 0 radical (unpaired) electrons. The Morgan fingerprint density at radius 1 is 1.33 bits per heavy atom. The summed E-state index contributed by atoms with van der Waals surface area (Å²) in [7, 11) is 0. The van der Waals surface area contributed by atoms with E-state index in [0.29, 0.717) is 0 Å². The second kappa shape index (κ2) is 4.33. The Balaban J connectivity index is 1.99. The second-order valence-electron chi connectivity index (χ2n) is 3.60. The highest BCUT2D eigenvalue weighted by molar-refractivity contribution is 7.13. The Labute approximate surface area is 98.0 Å². The molecule has 1 N–H and O–H groups in total. The monoisotopic (exact) mass is 238 g/mol. The van der Waals surface area contributed by atoms with Crippen molar-refractivity contribution in [2.45, 2.75) is 27.3 Å². The quantitative estimate of drug-likeness (QED) is 0.881. The first-order chi connectivity index (χ1) is 7.15.